The van der Waals surface area contributed by atoms with E-state index in [2.05, 4.69) is 53.8 Å². The number of allylic oxidation sites excluding steroid dienone is 1. The summed E-state index contributed by atoms with van der Waals surface area (Å²) in [7, 11) is 0. The van der Waals surface area contributed by atoms with E-state index in [9.17, 15) is 4.79 Å². The first-order valence-corrected chi connectivity index (χ1v) is 9.55. The van der Waals surface area contributed by atoms with Gasteiger partial charge in [0.15, 0.2) is 0 Å². The Kier molecular flexibility index (Phi) is 5.27. The predicted molar refractivity (Wildman–Crippen MR) is 111 cm³/mol. The lowest BCUT2D eigenvalue weighted by molar-refractivity contribution is -0.120. The summed E-state index contributed by atoms with van der Waals surface area (Å²) in [6.45, 7) is 15.6. The second-order valence-electron chi connectivity index (χ2n) is 7.47. The van der Waals surface area contributed by atoms with Crippen LogP contribution >= 0.6 is 0 Å². The van der Waals surface area contributed by atoms with Gasteiger partial charge >= 0.3 is 0 Å². The summed E-state index contributed by atoms with van der Waals surface area (Å²) in [5.41, 5.74) is 7.78. The second-order valence-corrected chi connectivity index (χ2v) is 7.47. The first kappa shape index (κ1) is 19.0. The van der Waals surface area contributed by atoms with E-state index in [0.29, 0.717) is 19.1 Å². The maximum absolute atomic E-state index is 12.8. The Bertz CT molecular complexity index is 859. The number of benzene rings is 1. The van der Waals surface area contributed by atoms with Crippen molar-refractivity contribution in [2.24, 2.45) is 11.0 Å². The van der Waals surface area contributed by atoms with Crippen LogP contribution in [0.15, 0.2) is 35.6 Å². The molecule has 0 aliphatic carbocycles. The van der Waals surface area contributed by atoms with E-state index in [1.807, 2.05) is 37.8 Å². The molecule has 0 bridgehead atoms. The zero-order chi connectivity index (χ0) is 19.7. The van der Waals surface area contributed by atoms with E-state index in [1.165, 1.54) is 0 Å². The molecule has 2 heterocycles. The highest BCUT2D eigenvalue weighted by Gasteiger charge is 2.43. The van der Waals surface area contributed by atoms with Gasteiger partial charge in [-0.2, -0.15) is 5.10 Å². The zero-order valence-corrected chi connectivity index (χ0v) is 16.8. The first-order chi connectivity index (χ1) is 12.8. The van der Waals surface area contributed by atoms with Gasteiger partial charge in [-0.25, -0.2) is 0 Å². The molecule has 0 spiro atoms. The molecule has 5 heteroatoms. The Morgan fingerprint density at radius 3 is 2.81 bits per heavy atom. The molecule has 2 atom stereocenters. The van der Waals surface area contributed by atoms with Crippen LogP contribution in [0, 0.1) is 17.8 Å². The van der Waals surface area contributed by atoms with Gasteiger partial charge in [0, 0.05) is 29.4 Å². The maximum atomic E-state index is 12.8. The number of hydrazone groups is 1. The molecule has 0 radical (unpaired) electrons. The van der Waals surface area contributed by atoms with Crippen LogP contribution in [-0.4, -0.2) is 41.7 Å². The molecule has 1 amide bonds. The number of nitrogens with one attached hydrogen (secondary N) is 1. The fraction of sp³-hybridized carbons (Fsp3) is 0.455. The summed E-state index contributed by atoms with van der Waals surface area (Å²) in [6, 6.07) is 6.41. The van der Waals surface area contributed by atoms with Gasteiger partial charge < -0.3 is 15.2 Å². The number of hydrogen-bond donors (Lipinski definition) is 1. The van der Waals surface area contributed by atoms with Crippen molar-refractivity contribution in [3.05, 3.63) is 41.6 Å². The van der Waals surface area contributed by atoms with Gasteiger partial charge in [0.2, 0.25) is 5.91 Å². The number of amides is 1. The molecule has 0 saturated carbocycles. The largest absolute Gasteiger partial charge is 0.362 e. The van der Waals surface area contributed by atoms with Crippen molar-refractivity contribution < 1.29 is 4.79 Å². The molecule has 1 aromatic carbocycles. The highest BCUT2D eigenvalue weighted by molar-refractivity contribution is 6.24. The van der Waals surface area contributed by atoms with E-state index >= 15 is 0 Å². The molecule has 142 valence electrons. The first-order valence-electron chi connectivity index (χ1n) is 9.55. The summed E-state index contributed by atoms with van der Waals surface area (Å²) < 4.78 is 0. The molecule has 1 N–H and O–H groups in total. The van der Waals surface area contributed by atoms with Crippen molar-refractivity contribution in [1.82, 2.24) is 10.3 Å². The molecule has 0 fully saturated rings. The molecule has 27 heavy (non-hydrogen) atoms. The summed E-state index contributed by atoms with van der Waals surface area (Å²) in [5.74, 6) is 6.41. The average Bonchev–Trinajstić information content (AvgIpc) is 3.01. The standard InChI is InChI=1S/C22H28N4O/c1-7-25-19-11-10-17(9-8-12-26(14(2)3)15(4)5)13-18(19)21-20(22(25)27)16(6)23-24-21/h10-11,13,15-16,20,23H,2,7,12H2,1,3-6H3. The van der Waals surface area contributed by atoms with Crippen molar-refractivity contribution in [3.8, 4) is 11.8 Å². The fourth-order valence-corrected chi connectivity index (χ4v) is 3.76. The van der Waals surface area contributed by atoms with Crippen molar-refractivity contribution in [2.75, 3.05) is 18.0 Å². The average molecular weight is 364 g/mol. The van der Waals surface area contributed by atoms with Gasteiger partial charge in [-0.1, -0.05) is 18.4 Å². The minimum absolute atomic E-state index is 0.0135. The van der Waals surface area contributed by atoms with Crippen LogP contribution in [0.5, 0.6) is 0 Å². The third-order valence-electron chi connectivity index (χ3n) is 5.19. The van der Waals surface area contributed by atoms with E-state index in [0.717, 1.165) is 28.2 Å². The number of nitrogens with zero attached hydrogens (tertiary/aromatic N) is 3. The van der Waals surface area contributed by atoms with E-state index < -0.39 is 0 Å². The smallest absolute Gasteiger partial charge is 0.238 e. The zero-order valence-electron chi connectivity index (χ0n) is 16.8. The van der Waals surface area contributed by atoms with Crippen LogP contribution in [-0.2, 0) is 4.79 Å². The van der Waals surface area contributed by atoms with Crippen LogP contribution < -0.4 is 10.3 Å². The molecular formula is C22H28N4O. The van der Waals surface area contributed by atoms with Gasteiger partial charge in [-0.3, -0.25) is 4.79 Å². The molecular weight excluding hydrogens is 336 g/mol. The topological polar surface area (TPSA) is 47.9 Å². The Hall–Kier alpha value is -2.74. The number of carbonyl (C=O) groups is 1. The van der Waals surface area contributed by atoms with E-state index in [1.54, 1.807) is 0 Å². The number of anilines is 1. The lowest BCUT2D eigenvalue weighted by Gasteiger charge is -2.33. The Balaban J connectivity index is 1.92. The highest BCUT2D eigenvalue weighted by atomic mass is 16.2. The number of rotatable bonds is 4. The van der Waals surface area contributed by atoms with Crippen LogP contribution in [0.25, 0.3) is 0 Å². The molecule has 2 aliphatic rings. The minimum Gasteiger partial charge on any atom is -0.362 e. The summed E-state index contributed by atoms with van der Waals surface area (Å²) in [4.78, 5) is 16.9. The molecule has 2 unspecified atom stereocenters. The fourth-order valence-electron chi connectivity index (χ4n) is 3.76. The lowest BCUT2D eigenvalue weighted by atomic mass is 9.85. The van der Waals surface area contributed by atoms with Crippen molar-refractivity contribution in [3.63, 3.8) is 0 Å². The Morgan fingerprint density at radius 1 is 1.44 bits per heavy atom. The number of carbonyl (C=O) groups excluding carboxylic acids is 1. The van der Waals surface area contributed by atoms with Crippen molar-refractivity contribution in [1.29, 1.82) is 0 Å². The summed E-state index contributed by atoms with van der Waals surface area (Å²) >= 11 is 0. The van der Waals surface area contributed by atoms with Crippen molar-refractivity contribution in [2.45, 2.75) is 46.7 Å². The van der Waals surface area contributed by atoms with Crippen LogP contribution in [0.3, 0.4) is 0 Å². The third kappa shape index (κ3) is 3.44. The molecule has 1 aromatic rings. The highest BCUT2D eigenvalue weighted by Crippen LogP contribution is 2.35. The summed E-state index contributed by atoms with van der Waals surface area (Å²) in [6.07, 6.45) is 0. The second kappa shape index (κ2) is 7.48. The van der Waals surface area contributed by atoms with Gasteiger partial charge in [-0.15, -0.1) is 0 Å². The summed E-state index contributed by atoms with van der Waals surface area (Å²) in [5, 5.41) is 4.45. The molecule has 5 nitrogen and oxygen atoms in total. The van der Waals surface area contributed by atoms with Gasteiger partial charge in [0.05, 0.1) is 24.0 Å². The van der Waals surface area contributed by atoms with Crippen molar-refractivity contribution >= 4 is 17.3 Å². The predicted octanol–water partition coefficient (Wildman–Crippen LogP) is 2.96. The maximum Gasteiger partial charge on any atom is 0.238 e. The number of fused-ring (bicyclic) bond motifs is 3. The molecule has 3 rings (SSSR count). The third-order valence-corrected chi connectivity index (χ3v) is 5.19. The van der Waals surface area contributed by atoms with Crippen LogP contribution in [0.2, 0.25) is 0 Å². The molecule has 2 aliphatic heterocycles. The Morgan fingerprint density at radius 2 is 2.19 bits per heavy atom. The Labute approximate surface area is 162 Å². The van der Waals surface area contributed by atoms with Crippen LogP contribution in [0.4, 0.5) is 5.69 Å². The van der Waals surface area contributed by atoms with Crippen LogP contribution in [0.1, 0.15) is 45.7 Å². The van der Waals surface area contributed by atoms with E-state index in [-0.39, 0.29) is 17.9 Å². The monoisotopic (exact) mass is 364 g/mol. The SMILES string of the molecule is C=C(C)N(CC#Cc1ccc2c(c1)C1=NNC(C)C1C(=O)N2CC)C(C)C. The number of hydrogen-bond acceptors (Lipinski definition) is 4. The molecule has 0 saturated heterocycles. The van der Waals surface area contributed by atoms with Gasteiger partial charge in [0.25, 0.3) is 0 Å². The van der Waals surface area contributed by atoms with E-state index in [4.69, 9.17) is 0 Å². The van der Waals surface area contributed by atoms with Gasteiger partial charge in [-0.05, 0) is 52.8 Å². The minimum atomic E-state index is -0.222. The quantitative estimate of drug-likeness (QED) is 0.836. The van der Waals surface area contributed by atoms with Gasteiger partial charge in [0.1, 0.15) is 5.92 Å². The lowest BCUT2D eigenvalue weighted by Crippen LogP contribution is -2.47. The molecule has 0 aromatic heterocycles. The normalized spacial score (nSPS) is 20.3.